The summed E-state index contributed by atoms with van der Waals surface area (Å²) in [6.07, 6.45) is 1.33. The molecule has 0 saturated carbocycles. The van der Waals surface area contributed by atoms with Crippen LogP contribution in [0.1, 0.15) is 17.4 Å². The van der Waals surface area contributed by atoms with Gasteiger partial charge in [-0.05, 0) is 19.1 Å². The van der Waals surface area contributed by atoms with Crippen LogP contribution in [-0.4, -0.2) is 50.0 Å². The molecule has 2 aromatic rings. The Morgan fingerprint density at radius 1 is 1.30 bits per heavy atom. The maximum atomic E-state index is 12.1. The highest BCUT2D eigenvalue weighted by Gasteiger charge is 2.20. The highest BCUT2D eigenvalue weighted by molar-refractivity contribution is 5.93. The monoisotopic (exact) mass is 274 g/mol. The van der Waals surface area contributed by atoms with Gasteiger partial charge in [-0.2, -0.15) is 9.90 Å². The summed E-state index contributed by atoms with van der Waals surface area (Å²) in [4.78, 5) is 25.3. The van der Waals surface area contributed by atoms with Crippen molar-refractivity contribution < 1.29 is 14.7 Å². The van der Waals surface area contributed by atoms with E-state index in [0.717, 1.165) is 5.69 Å². The van der Waals surface area contributed by atoms with Gasteiger partial charge in [0.1, 0.15) is 6.54 Å². The molecule has 0 spiro atoms. The minimum atomic E-state index is -1.06. The summed E-state index contributed by atoms with van der Waals surface area (Å²) >= 11 is 0. The van der Waals surface area contributed by atoms with Gasteiger partial charge in [-0.25, -0.2) is 0 Å². The third kappa shape index (κ3) is 3.00. The number of hydrogen-bond acceptors (Lipinski definition) is 4. The third-order valence-electron chi connectivity index (χ3n) is 2.69. The smallest absolute Gasteiger partial charge is 0.323 e. The summed E-state index contributed by atoms with van der Waals surface area (Å²) in [7, 11) is 0. The quantitative estimate of drug-likeness (QED) is 0.871. The fourth-order valence-corrected chi connectivity index (χ4v) is 1.70. The van der Waals surface area contributed by atoms with Crippen molar-refractivity contribution in [3.05, 3.63) is 42.2 Å². The number of benzene rings is 1. The molecule has 2 rings (SSSR count). The molecule has 1 heterocycles. The number of para-hydroxylation sites is 1. The van der Waals surface area contributed by atoms with Crippen LogP contribution in [0.2, 0.25) is 0 Å². The van der Waals surface area contributed by atoms with Gasteiger partial charge >= 0.3 is 5.97 Å². The van der Waals surface area contributed by atoms with Gasteiger partial charge in [0.15, 0.2) is 5.69 Å². The van der Waals surface area contributed by atoms with Crippen LogP contribution < -0.4 is 0 Å². The molecule has 0 aliphatic carbocycles. The lowest BCUT2D eigenvalue weighted by atomic mass is 10.3. The van der Waals surface area contributed by atoms with E-state index in [9.17, 15) is 9.59 Å². The molecule has 1 N–H and O–H groups in total. The van der Waals surface area contributed by atoms with Crippen LogP contribution in [0, 0.1) is 0 Å². The average Bonchev–Trinajstić information content (AvgIpc) is 2.94. The van der Waals surface area contributed by atoms with Crippen molar-refractivity contribution in [1.82, 2.24) is 19.9 Å². The Morgan fingerprint density at radius 2 is 2.00 bits per heavy atom. The van der Waals surface area contributed by atoms with Crippen molar-refractivity contribution in [3.8, 4) is 5.69 Å². The first-order valence-corrected chi connectivity index (χ1v) is 6.10. The predicted molar refractivity (Wildman–Crippen MR) is 70.6 cm³/mol. The lowest BCUT2D eigenvalue weighted by molar-refractivity contribution is -0.137. The fourth-order valence-electron chi connectivity index (χ4n) is 1.70. The molecule has 0 saturated heterocycles. The van der Waals surface area contributed by atoms with Crippen LogP contribution in [0.4, 0.5) is 0 Å². The number of carboxylic acid groups (broad SMARTS) is 1. The van der Waals surface area contributed by atoms with Crippen molar-refractivity contribution in [2.45, 2.75) is 6.92 Å². The van der Waals surface area contributed by atoms with E-state index < -0.39 is 11.9 Å². The Labute approximate surface area is 115 Å². The van der Waals surface area contributed by atoms with Crippen molar-refractivity contribution in [2.75, 3.05) is 13.1 Å². The van der Waals surface area contributed by atoms with Crippen LogP contribution in [0.3, 0.4) is 0 Å². The molecule has 104 valence electrons. The normalized spacial score (nSPS) is 10.2. The molecule has 1 aromatic carbocycles. The van der Waals surface area contributed by atoms with Gasteiger partial charge in [-0.1, -0.05) is 18.2 Å². The summed E-state index contributed by atoms with van der Waals surface area (Å²) < 4.78 is 0. The molecule has 0 atom stereocenters. The minimum Gasteiger partial charge on any atom is -0.480 e. The molecular weight excluding hydrogens is 260 g/mol. The van der Waals surface area contributed by atoms with Crippen LogP contribution in [0.25, 0.3) is 5.69 Å². The first-order chi connectivity index (χ1) is 9.61. The Kier molecular flexibility index (Phi) is 4.09. The van der Waals surface area contributed by atoms with Crippen molar-refractivity contribution in [1.29, 1.82) is 0 Å². The fraction of sp³-hybridized carbons (Fsp3) is 0.231. The lowest BCUT2D eigenvalue weighted by Gasteiger charge is -2.16. The van der Waals surface area contributed by atoms with E-state index >= 15 is 0 Å². The van der Waals surface area contributed by atoms with E-state index in [1.165, 1.54) is 15.9 Å². The maximum absolute atomic E-state index is 12.1. The number of carboxylic acids is 1. The maximum Gasteiger partial charge on any atom is 0.323 e. The predicted octanol–water partition coefficient (Wildman–Crippen LogP) is 0.814. The van der Waals surface area contributed by atoms with Crippen molar-refractivity contribution in [2.24, 2.45) is 0 Å². The van der Waals surface area contributed by atoms with Gasteiger partial charge in [0.05, 0.1) is 11.9 Å². The van der Waals surface area contributed by atoms with Crippen molar-refractivity contribution in [3.63, 3.8) is 0 Å². The molecule has 0 radical (unpaired) electrons. The average molecular weight is 274 g/mol. The Bertz CT molecular complexity index is 609. The Hall–Kier alpha value is -2.70. The van der Waals surface area contributed by atoms with Crippen molar-refractivity contribution >= 4 is 11.9 Å². The zero-order valence-electron chi connectivity index (χ0n) is 10.9. The molecule has 7 nitrogen and oxygen atoms in total. The number of nitrogens with zero attached hydrogens (tertiary/aromatic N) is 4. The number of carbonyl (C=O) groups is 2. The second-order valence-electron chi connectivity index (χ2n) is 4.07. The van der Waals surface area contributed by atoms with Gasteiger partial charge in [0.25, 0.3) is 5.91 Å². The van der Waals surface area contributed by atoms with Gasteiger partial charge < -0.3 is 10.0 Å². The topological polar surface area (TPSA) is 88.3 Å². The van der Waals surface area contributed by atoms with Crippen LogP contribution >= 0.6 is 0 Å². The Morgan fingerprint density at radius 3 is 2.60 bits per heavy atom. The molecule has 0 aliphatic rings. The molecule has 20 heavy (non-hydrogen) atoms. The summed E-state index contributed by atoms with van der Waals surface area (Å²) in [5.74, 6) is -1.51. The first kappa shape index (κ1) is 13.7. The first-order valence-electron chi connectivity index (χ1n) is 6.10. The van der Waals surface area contributed by atoms with E-state index in [-0.39, 0.29) is 12.2 Å². The largest absolute Gasteiger partial charge is 0.480 e. The van der Waals surface area contributed by atoms with E-state index in [1.807, 2.05) is 30.3 Å². The minimum absolute atomic E-state index is 0.122. The van der Waals surface area contributed by atoms with E-state index in [1.54, 1.807) is 6.92 Å². The third-order valence-corrected chi connectivity index (χ3v) is 2.69. The lowest BCUT2D eigenvalue weighted by Crippen LogP contribution is -2.35. The second-order valence-corrected chi connectivity index (χ2v) is 4.07. The SMILES string of the molecule is CCN(CC(=O)O)C(=O)c1cnn(-c2ccccc2)n1. The summed E-state index contributed by atoms with van der Waals surface area (Å²) in [6, 6.07) is 9.16. The molecule has 7 heteroatoms. The standard InChI is InChI=1S/C13H14N4O3/c1-2-16(9-12(18)19)13(20)11-8-14-17(15-11)10-6-4-3-5-7-10/h3-8H,2,9H2,1H3,(H,18,19). The molecule has 0 bridgehead atoms. The number of rotatable bonds is 5. The number of aliphatic carboxylic acids is 1. The number of carbonyl (C=O) groups excluding carboxylic acids is 1. The van der Waals surface area contributed by atoms with E-state index in [0.29, 0.717) is 6.54 Å². The molecule has 1 aromatic heterocycles. The van der Waals surface area contributed by atoms with E-state index in [2.05, 4.69) is 10.2 Å². The number of hydrogen-bond donors (Lipinski definition) is 1. The van der Waals surface area contributed by atoms with Crippen LogP contribution in [0.15, 0.2) is 36.5 Å². The van der Waals surface area contributed by atoms with Crippen LogP contribution in [-0.2, 0) is 4.79 Å². The number of aromatic nitrogens is 3. The molecular formula is C13H14N4O3. The molecule has 0 fully saturated rings. The second kappa shape index (κ2) is 5.96. The van der Waals surface area contributed by atoms with Gasteiger partial charge in [0, 0.05) is 6.54 Å². The zero-order chi connectivity index (χ0) is 14.5. The summed E-state index contributed by atoms with van der Waals surface area (Å²) in [5.41, 5.74) is 0.852. The highest BCUT2D eigenvalue weighted by atomic mass is 16.4. The number of likely N-dealkylation sites (N-methyl/N-ethyl adjacent to an activating group) is 1. The highest BCUT2D eigenvalue weighted by Crippen LogP contribution is 2.06. The summed E-state index contributed by atoms with van der Waals surface area (Å²) in [5, 5.41) is 16.9. The summed E-state index contributed by atoms with van der Waals surface area (Å²) in [6.45, 7) is 1.65. The van der Waals surface area contributed by atoms with Gasteiger partial charge in [0.2, 0.25) is 0 Å². The van der Waals surface area contributed by atoms with E-state index in [4.69, 9.17) is 5.11 Å². The van der Waals surface area contributed by atoms with Gasteiger partial charge in [-0.3, -0.25) is 9.59 Å². The zero-order valence-corrected chi connectivity index (χ0v) is 10.9. The van der Waals surface area contributed by atoms with Gasteiger partial charge in [-0.15, -0.1) is 5.10 Å². The Balaban J connectivity index is 2.20. The molecule has 0 unspecified atom stereocenters. The number of amides is 1. The van der Waals surface area contributed by atoms with Crippen LogP contribution in [0.5, 0.6) is 0 Å². The molecule has 1 amide bonds. The molecule has 0 aliphatic heterocycles.